The second-order valence-electron chi connectivity index (χ2n) is 11.2. The molecule has 0 radical (unpaired) electrons. The first kappa shape index (κ1) is 43.3. The zero-order valence-electron chi connectivity index (χ0n) is 28.0. The molecule has 0 spiro atoms. The van der Waals surface area contributed by atoms with E-state index in [1.54, 1.807) is 30.3 Å². The number of para-hydroxylation sites is 1. The van der Waals surface area contributed by atoms with Crippen molar-refractivity contribution in [3.05, 3.63) is 82.9 Å². The number of hydrogen-bond acceptors (Lipinski definition) is 13. The van der Waals surface area contributed by atoms with Crippen LogP contribution in [0, 0.1) is 0 Å². The van der Waals surface area contributed by atoms with Gasteiger partial charge in [0.2, 0.25) is 17.8 Å². The molecule has 15 nitrogen and oxygen atoms in total. The number of carbonyl (C=O) groups excluding carboxylic acids is 2. The molecular formula is C33H56Cl2N12O3. The van der Waals surface area contributed by atoms with E-state index in [1.165, 1.54) is 31.0 Å². The summed E-state index contributed by atoms with van der Waals surface area (Å²) in [5.41, 5.74) is 1.64. The third kappa shape index (κ3) is 10.6. The summed E-state index contributed by atoms with van der Waals surface area (Å²) in [5.74, 6) is 0.372. The van der Waals surface area contributed by atoms with E-state index in [4.69, 9.17) is 26.6 Å². The van der Waals surface area contributed by atoms with Gasteiger partial charge >= 0.3 is 0 Å². The standard InChI is InChI=1S/C33H35ClN8O3.ClH.4H3N.4H2/c34-22-12-14-25(28(43)20-22)29(44)37-27-15-13-24(21-26(27)30(45)35-23-10-4-1-5-11-23)36-31-38-32(41-16-6-2-7-17-41)40-33(39-31)42-18-8-3-9-19-42;;;;;;;;;/h1,4-5,10-15,20-21,43H,2-3,6-9,16-19H2,(H,35,45)(H,37,44)(H,36,38,39,40);1H;4*1H3;4*1H. The van der Waals surface area contributed by atoms with Gasteiger partial charge < -0.3 is 55.5 Å². The number of halogens is 2. The number of phenols is 1. The van der Waals surface area contributed by atoms with E-state index in [0.717, 1.165) is 51.9 Å². The van der Waals surface area contributed by atoms with Crippen LogP contribution in [-0.4, -0.2) is 58.1 Å². The fourth-order valence-electron chi connectivity index (χ4n) is 5.53. The molecule has 2 saturated heterocycles. The number of aromatic nitrogens is 3. The zero-order chi connectivity index (χ0) is 31.2. The molecule has 2 aliphatic heterocycles. The fraction of sp³-hybridized carbons (Fsp3) is 0.303. The second kappa shape index (κ2) is 20.0. The first-order chi connectivity index (χ1) is 21.9. The predicted molar refractivity (Wildman–Crippen MR) is 213 cm³/mol. The lowest BCUT2D eigenvalue weighted by Gasteiger charge is -2.30. The van der Waals surface area contributed by atoms with Gasteiger partial charge in [-0.3, -0.25) is 9.59 Å². The molecule has 2 aliphatic rings. The summed E-state index contributed by atoms with van der Waals surface area (Å²) in [6, 6.07) is 18.3. The quantitative estimate of drug-likeness (QED) is 0.0842. The number of aromatic hydroxyl groups is 1. The highest BCUT2D eigenvalue weighted by molar-refractivity contribution is 6.31. The van der Waals surface area contributed by atoms with Crippen molar-refractivity contribution in [3.63, 3.8) is 0 Å². The fourth-order valence-corrected chi connectivity index (χ4v) is 5.70. The van der Waals surface area contributed by atoms with E-state index >= 15 is 0 Å². The summed E-state index contributed by atoms with van der Waals surface area (Å²) in [5, 5.41) is 19.5. The molecule has 280 valence electrons. The third-order valence-corrected chi connectivity index (χ3v) is 8.13. The van der Waals surface area contributed by atoms with Crippen molar-refractivity contribution in [1.29, 1.82) is 0 Å². The number of carbonyl (C=O) groups is 2. The summed E-state index contributed by atoms with van der Waals surface area (Å²) >= 11 is 5.95. The van der Waals surface area contributed by atoms with Gasteiger partial charge in [-0.25, -0.2) is 0 Å². The highest BCUT2D eigenvalue weighted by Crippen LogP contribution is 2.29. The monoisotopic (exact) mass is 738 g/mol. The van der Waals surface area contributed by atoms with Gasteiger partial charge in [0.05, 0.1) is 16.8 Å². The summed E-state index contributed by atoms with van der Waals surface area (Å²) in [6.45, 7) is 3.57. The number of hydrogen-bond donors (Lipinski definition) is 8. The Morgan fingerprint density at radius 1 is 0.660 bits per heavy atom. The maximum Gasteiger partial charge on any atom is 0.259 e. The Kier molecular flexibility index (Phi) is 17.3. The Balaban J connectivity index is -0.00000139. The van der Waals surface area contributed by atoms with Gasteiger partial charge in [0.25, 0.3) is 11.8 Å². The maximum absolute atomic E-state index is 13.6. The van der Waals surface area contributed by atoms with Gasteiger partial charge in [-0.2, -0.15) is 15.0 Å². The summed E-state index contributed by atoms with van der Waals surface area (Å²) in [6.07, 6.45) is 6.76. The molecule has 0 saturated carbocycles. The minimum Gasteiger partial charge on any atom is -0.507 e. The van der Waals surface area contributed by atoms with E-state index in [1.807, 2.05) is 18.2 Å². The van der Waals surface area contributed by atoms with Crippen LogP contribution in [0.1, 0.15) is 64.9 Å². The van der Waals surface area contributed by atoms with Gasteiger partial charge in [-0.1, -0.05) is 29.8 Å². The number of rotatable bonds is 8. The zero-order valence-corrected chi connectivity index (χ0v) is 29.6. The van der Waals surface area contributed by atoms with Crippen LogP contribution in [0.15, 0.2) is 66.7 Å². The van der Waals surface area contributed by atoms with Gasteiger partial charge in [0.1, 0.15) is 5.75 Å². The first-order valence-electron chi connectivity index (χ1n) is 15.3. The largest absolute Gasteiger partial charge is 0.507 e. The van der Waals surface area contributed by atoms with E-state index in [9.17, 15) is 14.7 Å². The first-order valence-corrected chi connectivity index (χ1v) is 15.6. The molecule has 0 bridgehead atoms. The summed E-state index contributed by atoms with van der Waals surface area (Å²) < 4.78 is 0. The lowest BCUT2D eigenvalue weighted by atomic mass is 10.1. The maximum atomic E-state index is 13.6. The minimum atomic E-state index is -0.589. The molecule has 0 unspecified atom stereocenters. The Bertz CT molecular complexity index is 1670. The Labute approximate surface area is 309 Å². The SMILES string of the molecule is Cl.N.N.N.N.O=C(Nc1ccc(Nc2nc(N3CCCCC3)nc(N3CCCCC3)n2)cc1C(=O)Nc1ccccc1)c1ccc(Cl)cc1O.[HH].[HH].[HH].[HH]. The number of phenolic OH excluding ortho intramolecular Hbond substituents is 1. The van der Waals surface area contributed by atoms with Crippen LogP contribution >= 0.6 is 24.0 Å². The number of benzene rings is 3. The van der Waals surface area contributed by atoms with Crippen LogP contribution in [-0.2, 0) is 0 Å². The number of nitrogens with zero attached hydrogens (tertiary/aromatic N) is 5. The van der Waals surface area contributed by atoms with E-state index in [0.29, 0.717) is 34.2 Å². The van der Waals surface area contributed by atoms with Crippen molar-refractivity contribution in [2.75, 3.05) is 51.9 Å². The molecule has 50 heavy (non-hydrogen) atoms. The van der Waals surface area contributed by atoms with Crippen LogP contribution in [0.4, 0.5) is 34.9 Å². The molecule has 3 aromatic carbocycles. The second-order valence-corrected chi connectivity index (χ2v) is 11.6. The van der Waals surface area contributed by atoms with Crippen molar-refractivity contribution in [1.82, 2.24) is 39.6 Å². The number of anilines is 6. The predicted octanol–water partition coefficient (Wildman–Crippen LogP) is 8.51. The highest BCUT2D eigenvalue weighted by atomic mass is 35.5. The molecule has 4 aromatic rings. The van der Waals surface area contributed by atoms with Crippen molar-refractivity contribution in [3.8, 4) is 5.75 Å². The summed E-state index contributed by atoms with van der Waals surface area (Å²) in [4.78, 5) is 45.5. The normalized spacial score (nSPS) is 13.5. The van der Waals surface area contributed by atoms with Crippen LogP contribution in [0.3, 0.4) is 0 Å². The van der Waals surface area contributed by atoms with Gasteiger partial charge in [-0.15, -0.1) is 12.4 Å². The third-order valence-electron chi connectivity index (χ3n) is 7.89. The molecule has 1 aromatic heterocycles. The van der Waals surface area contributed by atoms with Gasteiger partial charge in [0.15, 0.2) is 0 Å². The topological polar surface area (TPSA) is 276 Å². The Hall–Kier alpha value is -4.77. The van der Waals surface area contributed by atoms with Crippen LogP contribution in [0.25, 0.3) is 0 Å². The summed E-state index contributed by atoms with van der Waals surface area (Å²) in [7, 11) is 0. The molecule has 2 amide bonds. The smallest absolute Gasteiger partial charge is 0.259 e. The van der Waals surface area contributed by atoms with Gasteiger partial charge in [0, 0.05) is 48.3 Å². The van der Waals surface area contributed by atoms with Crippen LogP contribution in [0.2, 0.25) is 5.02 Å². The van der Waals surface area contributed by atoms with Gasteiger partial charge in [-0.05, 0) is 87.1 Å². The average Bonchev–Trinajstić information content (AvgIpc) is 3.06. The van der Waals surface area contributed by atoms with Crippen LogP contribution in [0.5, 0.6) is 5.75 Å². The molecule has 0 atom stereocenters. The molecule has 2 fully saturated rings. The molecule has 17 heteroatoms. The molecule has 0 aliphatic carbocycles. The Morgan fingerprint density at radius 3 is 1.78 bits per heavy atom. The number of nitrogens with one attached hydrogen (secondary N) is 3. The minimum absolute atomic E-state index is 0. The van der Waals surface area contributed by atoms with Crippen molar-refractivity contribution in [2.45, 2.75) is 38.5 Å². The number of amides is 2. The average molecular weight is 740 g/mol. The van der Waals surface area contributed by atoms with Crippen molar-refractivity contribution >= 4 is 70.7 Å². The lowest BCUT2D eigenvalue weighted by Crippen LogP contribution is -2.34. The molecular weight excluding hydrogens is 683 g/mol. The number of piperidine rings is 2. The van der Waals surface area contributed by atoms with E-state index < -0.39 is 11.8 Å². The van der Waals surface area contributed by atoms with Crippen molar-refractivity contribution < 1.29 is 20.4 Å². The molecule has 6 rings (SSSR count). The highest BCUT2D eigenvalue weighted by Gasteiger charge is 2.22. The van der Waals surface area contributed by atoms with Crippen molar-refractivity contribution in [2.24, 2.45) is 0 Å². The van der Waals surface area contributed by atoms with E-state index in [2.05, 4.69) is 25.8 Å². The van der Waals surface area contributed by atoms with Crippen LogP contribution < -0.4 is 50.4 Å². The lowest BCUT2D eigenvalue weighted by molar-refractivity contribution is 0.102. The molecule has 16 N–H and O–H groups in total. The molecule has 3 heterocycles. The Morgan fingerprint density at radius 2 is 1.22 bits per heavy atom. The van der Waals surface area contributed by atoms with E-state index in [-0.39, 0.29) is 65.3 Å².